The molecule has 0 aliphatic heterocycles. The lowest BCUT2D eigenvalue weighted by Crippen LogP contribution is -2.21. The van der Waals surface area contributed by atoms with Crippen LogP contribution in [0.3, 0.4) is 0 Å². The van der Waals surface area contributed by atoms with Crippen molar-refractivity contribution < 1.29 is 9.72 Å². The molecule has 154 valence electrons. The Morgan fingerprint density at radius 3 is 2.50 bits per heavy atom. The van der Waals surface area contributed by atoms with Crippen molar-refractivity contribution in [1.29, 1.82) is 0 Å². The summed E-state index contributed by atoms with van der Waals surface area (Å²) in [6.45, 7) is 1.70. The molecule has 0 unspecified atom stereocenters. The van der Waals surface area contributed by atoms with E-state index in [1.54, 1.807) is 35.8 Å². The summed E-state index contributed by atoms with van der Waals surface area (Å²) >= 11 is 7.14. The van der Waals surface area contributed by atoms with E-state index in [1.807, 2.05) is 19.2 Å². The van der Waals surface area contributed by atoms with Crippen LogP contribution >= 0.6 is 23.4 Å². The highest BCUT2D eigenvalue weighted by Crippen LogP contribution is 2.23. The number of amides is 1. The van der Waals surface area contributed by atoms with Crippen molar-refractivity contribution in [2.24, 2.45) is 12.1 Å². The average molecular weight is 445 g/mol. The second-order valence-electron chi connectivity index (χ2n) is 6.20. The van der Waals surface area contributed by atoms with Crippen LogP contribution in [-0.2, 0) is 11.8 Å². The van der Waals surface area contributed by atoms with Gasteiger partial charge in [-0.3, -0.25) is 14.9 Å². The van der Waals surface area contributed by atoms with Crippen molar-refractivity contribution in [3.8, 4) is 11.4 Å². The lowest BCUT2D eigenvalue weighted by Gasteiger charge is -2.05. The molecule has 3 aromatic rings. The molecular weight excluding hydrogens is 428 g/mol. The number of carbonyl (C=O) groups excluding carboxylic acids is 1. The number of hydrogen-bond donors (Lipinski definition) is 1. The number of benzene rings is 2. The van der Waals surface area contributed by atoms with Crippen LogP contribution in [0.1, 0.15) is 12.5 Å². The summed E-state index contributed by atoms with van der Waals surface area (Å²) in [5.74, 6) is 0.461. The summed E-state index contributed by atoms with van der Waals surface area (Å²) in [4.78, 5) is 22.4. The van der Waals surface area contributed by atoms with Crippen LogP contribution in [0.4, 0.5) is 5.69 Å². The van der Waals surface area contributed by atoms with E-state index in [-0.39, 0.29) is 17.3 Å². The van der Waals surface area contributed by atoms with Gasteiger partial charge >= 0.3 is 0 Å². The quantitative estimate of drug-likeness (QED) is 0.257. The average Bonchev–Trinajstić information content (AvgIpc) is 3.11. The van der Waals surface area contributed by atoms with E-state index >= 15 is 0 Å². The molecule has 9 nitrogen and oxygen atoms in total. The van der Waals surface area contributed by atoms with Crippen molar-refractivity contribution in [1.82, 2.24) is 20.2 Å². The second-order valence-corrected chi connectivity index (χ2v) is 7.58. The van der Waals surface area contributed by atoms with E-state index < -0.39 is 4.92 Å². The van der Waals surface area contributed by atoms with Crippen LogP contribution in [-0.4, -0.2) is 37.1 Å². The summed E-state index contributed by atoms with van der Waals surface area (Å²) in [6, 6.07) is 13.2. The first-order valence-corrected chi connectivity index (χ1v) is 10.1. The Labute approximate surface area is 181 Å². The van der Waals surface area contributed by atoms with Crippen molar-refractivity contribution in [3.63, 3.8) is 0 Å². The number of halogens is 1. The molecule has 0 bridgehead atoms. The Morgan fingerprint density at radius 2 is 1.87 bits per heavy atom. The third-order valence-electron chi connectivity index (χ3n) is 4.11. The number of hydrazone groups is 1. The molecule has 2 aromatic carbocycles. The van der Waals surface area contributed by atoms with Crippen LogP contribution in [0, 0.1) is 10.1 Å². The number of nitrogens with one attached hydrogen (secondary N) is 1. The summed E-state index contributed by atoms with van der Waals surface area (Å²) in [5.41, 5.74) is 4.55. The minimum Gasteiger partial charge on any atom is -0.305 e. The normalized spacial score (nSPS) is 11.4. The van der Waals surface area contributed by atoms with E-state index in [4.69, 9.17) is 11.6 Å². The summed E-state index contributed by atoms with van der Waals surface area (Å²) in [6.07, 6.45) is 0. The largest absolute Gasteiger partial charge is 0.305 e. The molecule has 1 N–H and O–H groups in total. The van der Waals surface area contributed by atoms with E-state index in [0.717, 1.165) is 5.56 Å². The molecule has 0 saturated heterocycles. The van der Waals surface area contributed by atoms with E-state index in [2.05, 4.69) is 20.7 Å². The lowest BCUT2D eigenvalue weighted by atomic mass is 10.1. The minimum absolute atomic E-state index is 0.00590. The molecule has 1 amide bonds. The summed E-state index contributed by atoms with van der Waals surface area (Å²) < 4.78 is 1.80. The van der Waals surface area contributed by atoms with E-state index in [9.17, 15) is 14.9 Å². The van der Waals surface area contributed by atoms with Crippen LogP contribution < -0.4 is 5.43 Å². The van der Waals surface area contributed by atoms with Crippen LogP contribution in [0.2, 0.25) is 5.02 Å². The van der Waals surface area contributed by atoms with Crippen LogP contribution in [0.15, 0.2) is 58.8 Å². The molecule has 3 rings (SSSR count). The third kappa shape index (κ3) is 5.22. The van der Waals surface area contributed by atoms with E-state index in [0.29, 0.717) is 27.3 Å². The lowest BCUT2D eigenvalue weighted by molar-refractivity contribution is -0.384. The highest BCUT2D eigenvalue weighted by atomic mass is 35.5. The minimum atomic E-state index is -0.472. The number of hydrogen-bond acceptors (Lipinski definition) is 7. The van der Waals surface area contributed by atoms with Gasteiger partial charge in [0.15, 0.2) is 11.0 Å². The Balaban J connectivity index is 1.57. The van der Waals surface area contributed by atoms with Gasteiger partial charge in [0.25, 0.3) is 11.6 Å². The predicted molar refractivity (Wildman–Crippen MR) is 116 cm³/mol. The van der Waals surface area contributed by atoms with Gasteiger partial charge in [-0.2, -0.15) is 5.10 Å². The number of aromatic nitrogens is 3. The van der Waals surface area contributed by atoms with Gasteiger partial charge in [0.2, 0.25) is 0 Å². The van der Waals surface area contributed by atoms with Gasteiger partial charge in [0.1, 0.15) is 0 Å². The molecule has 0 atom stereocenters. The first-order valence-electron chi connectivity index (χ1n) is 8.71. The van der Waals surface area contributed by atoms with Gasteiger partial charge in [-0.05, 0) is 48.9 Å². The van der Waals surface area contributed by atoms with Gasteiger partial charge in [-0.25, -0.2) is 5.43 Å². The Bertz CT molecular complexity index is 1100. The fraction of sp³-hybridized carbons (Fsp3) is 0.158. The standard InChI is InChI=1S/C19H17ClN6O3S/c1-12(13-5-9-16(10-6-13)26(28)29)21-22-17(27)11-30-19-24-23-18(25(19)2)14-3-7-15(20)8-4-14/h3-10H,11H2,1-2H3,(H,22,27)/b21-12+. The number of thioether (sulfide) groups is 1. The maximum absolute atomic E-state index is 12.1. The van der Waals surface area contributed by atoms with Crippen molar-refractivity contribution >= 4 is 40.7 Å². The molecule has 30 heavy (non-hydrogen) atoms. The van der Waals surface area contributed by atoms with Crippen molar-refractivity contribution in [3.05, 3.63) is 69.2 Å². The summed E-state index contributed by atoms with van der Waals surface area (Å²) in [5, 5.41) is 24.3. The van der Waals surface area contributed by atoms with Gasteiger partial charge in [-0.1, -0.05) is 23.4 Å². The third-order valence-corrected chi connectivity index (χ3v) is 5.39. The van der Waals surface area contributed by atoms with Gasteiger partial charge in [0.05, 0.1) is 16.4 Å². The Kier molecular flexibility index (Phi) is 6.80. The fourth-order valence-corrected chi connectivity index (χ4v) is 3.32. The van der Waals surface area contributed by atoms with Crippen LogP contribution in [0.25, 0.3) is 11.4 Å². The zero-order valence-electron chi connectivity index (χ0n) is 16.1. The highest BCUT2D eigenvalue weighted by molar-refractivity contribution is 7.99. The molecule has 0 radical (unpaired) electrons. The van der Waals surface area contributed by atoms with Gasteiger partial charge < -0.3 is 4.57 Å². The second kappa shape index (κ2) is 9.51. The smallest absolute Gasteiger partial charge is 0.269 e. The number of nitro groups is 1. The molecule has 1 heterocycles. The molecule has 0 saturated carbocycles. The zero-order chi connectivity index (χ0) is 21.7. The number of carbonyl (C=O) groups is 1. The number of nitrogens with zero attached hydrogens (tertiary/aromatic N) is 5. The molecule has 11 heteroatoms. The number of nitro benzene ring substituents is 1. The predicted octanol–water partition coefficient (Wildman–Crippen LogP) is 3.68. The Hall–Kier alpha value is -3.24. The Morgan fingerprint density at radius 1 is 1.20 bits per heavy atom. The monoisotopic (exact) mass is 444 g/mol. The van der Waals surface area contributed by atoms with Crippen LogP contribution in [0.5, 0.6) is 0 Å². The first kappa shape index (κ1) is 21.5. The first-order chi connectivity index (χ1) is 14.3. The molecule has 0 aliphatic rings. The van der Waals surface area contributed by atoms with E-state index in [1.165, 1.54) is 23.9 Å². The van der Waals surface area contributed by atoms with Crippen molar-refractivity contribution in [2.45, 2.75) is 12.1 Å². The SMILES string of the molecule is C/C(=N\NC(=O)CSc1nnc(-c2ccc(Cl)cc2)n1C)c1ccc([N+](=O)[O-])cc1. The molecule has 0 fully saturated rings. The fourth-order valence-electron chi connectivity index (χ4n) is 2.49. The molecule has 0 spiro atoms. The van der Waals surface area contributed by atoms with Gasteiger partial charge in [-0.15, -0.1) is 10.2 Å². The zero-order valence-corrected chi connectivity index (χ0v) is 17.6. The maximum atomic E-state index is 12.1. The molecular formula is C19H17ClN6O3S. The van der Waals surface area contributed by atoms with Gasteiger partial charge in [0, 0.05) is 29.8 Å². The molecule has 1 aromatic heterocycles. The number of non-ortho nitro benzene ring substituents is 1. The maximum Gasteiger partial charge on any atom is 0.269 e. The molecule has 0 aliphatic carbocycles. The number of rotatable bonds is 7. The topological polar surface area (TPSA) is 115 Å². The van der Waals surface area contributed by atoms with Crippen molar-refractivity contribution in [2.75, 3.05) is 5.75 Å². The highest BCUT2D eigenvalue weighted by Gasteiger charge is 2.13. The summed E-state index contributed by atoms with van der Waals surface area (Å²) in [7, 11) is 1.82.